The molecule has 0 spiro atoms. The molecule has 0 aliphatic heterocycles. The molecule has 0 aromatic heterocycles. The van der Waals surface area contributed by atoms with Crippen LogP contribution in [-0.2, 0) is 33.6 Å². The van der Waals surface area contributed by atoms with Crippen LogP contribution >= 0.6 is 0 Å². The third-order valence-corrected chi connectivity index (χ3v) is 4.64. The highest BCUT2D eigenvalue weighted by atomic mass is 16.4. The Morgan fingerprint density at radius 1 is 0.509 bits per heavy atom. The largest absolute Gasteiger partial charge is 0.481 e. The van der Waals surface area contributed by atoms with Crippen LogP contribution in [-0.4, -0.2) is 130 Å². The Kier molecular flexibility index (Phi) is 25.8. The SMILES string of the molecule is CC(=O)O.CC(=O)O.CC(=O)O.O=C(O)/C=N/C(=O)c1ccc(NC(=O)/C=N\CCNCC/N=C/C(=O)Nc2ccc(C(=O)/N=C/C(=O)O)cc2)cc1. The predicted molar refractivity (Wildman–Crippen MR) is 191 cm³/mol. The summed E-state index contributed by atoms with van der Waals surface area (Å²) in [5, 5.41) is 47.4. The molecule has 2 rings (SSSR count). The van der Waals surface area contributed by atoms with E-state index in [-0.39, 0.29) is 11.1 Å². The number of hydrogen-bond acceptors (Lipinski definition) is 12. The Balaban J connectivity index is 0. The maximum Gasteiger partial charge on any atom is 0.347 e. The van der Waals surface area contributed by atoms with Gasteiger partial charge in [-0.2, -0.15) is 0 Å². The summed E-state index contributed by atoms with van der Waals surface area (Å²) >= 11 is 0. The van der Waals surface area contributed by atoms with Crippen molar-refractivity contribution < 1.29 is 68.7 Å². The molecule has 2 aromatic rings. The van der Waals surface area contributed by atoms with Crippen molar-refractivity contribution in [2.24, 2.45) is 20.0 Å². The molecule has 21 nitrogen and oxygen atoms in total. The maximum atomic E-state index is 11.9. The summed E-state index contributed by atoms with van der Waals surface area (Å²) in [5.74, 6) is -7.57. The minimum absolute atomic E-state index is 0.164. The summed E-state index contributed by atoms with van der Waals surface area (Å²) in [6, 6.07) is 11.5. The molecule has 0 aliphatic rings. The molecule has 21 heteroatoms. The van der Waals surface area contributed by atoms with E-state index < -0.39 is 53.5 Å². The van der Waals surface area contributed by atoms with Crippen molar-refractivity contribution in [2.45, 2.75) is 20.8 Å². The number of nitrogens with zero attached hydrogens (tertiary/aromatic N) is 4. The molecule has 0 saturated carbocycles. The zero-order valence-corrected chi connectivity index (χ0v) is 28.5. The van der Waals surface area contributed by atoms with E-state index in [2.05, 4.69) is 35.9 Å². The first-order chi connectivity index (χ1) is 24.8. The van der Waals surface area contributed by atoms with Gasteiger partial charge in [0.15, 0.2) is 0 Å². The monoisotopic (exact) mass is 743 g/mol. The second-order valence-corrected chi connectivity index (χ2v) is 9.31. The number of benzene rings is 2. The van der Waals surface area contributed by atoms with Gasteiger partial charge < -0.3 is 41.5 Å². The fourth-order valence-electron chi connectivity index (χ4n) is 2.83. The van der Waals surface area contributed by atoms with E-state index in [0.717, 1.165) is 33.2 Å². The molecule has 0 fully saturated rings. The number of nitrogens with one attached hydrogen (secondary N) is 3. The quantitative estimate of drug-likeness (QED) is 0.0982. The number of carbonyl (C=O) groups is 9. The second kappa shape index (κ2) is 28.5. The molecule has 0 unspecified atom stereocenters. The number of hydrogen-bond donors (Lipinski definition) is 8. The van der Waals surface area contributed by atoms with Crippen molar-refractivity contribution in [1.29, 1.82) is 0 Å². The molecule has 0 radical (unpaired) electrons. The van der Waals surface area contributed by atoms with E-state index >= 15 is 0 Å². The minimum Gasteiger partial charge on any atom is -0.481 e. The van der Waals surface area contributed by atoms with Crippen LogP contribution in [0.15, 0.2) is 68.5 Å². The molecule has 0 bridgehead atoms. The number of aliphatic carboxylic acids is 5. The molecule has 0 heterocycles. The normalized spacial score (nSPS) is 10.2. The third-order valence-electron chi connectivity index (χ3n) is 4.64. The number of carboxylic acids is 5. The number of carbonyl (C=O) groups excluding carboxylic acids is 4. The lowest BCUT2D eigenvalue weighted by molar-refractivity contribution is -0.135. The van der Waals surface area contributed by atoms with Crippen LogP contribution in [0.4, 0.5) is 11.4 Å². The Bertz CT molecular complexity index is 1540. The van der Waals surface area contributed by atoms with Gasteiger partial charge in [-0.15, -0.1) is 0 Å². The number of rotatable bonds is 14. The van der Waals surface area contributed by atoms with Gasteiger partial charge in [0.1, 0.15) is 12.4 Å². The van der Waals surface area contributed by atoms with Gasteiger partial charge in [-0.3, -0.25) is 43.5 Å². The molecule has 2 aromatic carbocycles. The highest BCUT2D eigenvalue weighted by Crippen LogP contribution is 2.11. The van der Waals surface area contributed by atoms with Gasteiger partial charge in [-0.1, -0.05) is 0 Å². The van der Waals surface area contributed by atoms with Crippen LogP contribution in [0.3, 0.4) is 0 Å². The number of amides is 4. The first-order valence-electron chi connectivity index (χ1n) is 14.6. The smallest absolute Gasteiger partial charge is 0.347 e. The van der Waals surface area contributed by atoms with E-state index in [1.165, 1.54) is 48.5 Å². The highest BCUT2D eigenvalue weighted by Gasteiger charge is 2.06. The molecule has 284 valence electrons. The van der Waals surface area contributed by atoms with Crippen molar-refractivity contribution >= 4 is 89.7 Å². The lowest BCUT2D eigenvalue weighted by atomic mass is 10.2. The fourth-order valence-corrected chi connectivity index (χ4v) is 2.83. The molecule has 0 aliphatic carbocycles. The zero-order chi connectivity index (χ0) is 40.8. The zero-order valence-electron chi connectivity index (χ0n) is 28.5. The molecule has 8 N–H and O–H groups in total. The van der Waals surface area contributed by atoms with E-state index in [4.69, 9.17) is 39.9 Å². The average Bonchev–Trinajstić information content (AvgIpc) is 3.05. The summed E-state index contributed by atoms with van der Waals surface area (Å²) in [7, 11) is 0. The molecule has 53 heavy (non-hydrogen) atoms. The topological polar surface area (TPSA) is 340 Å². The lowest BCUT2D eigenvalue weighted by Gasteiger charge is -2.03. The Hall–Kier alpha value is -7.29. The summed E-state index contributed by atoms with van der Waals surface area (Å²) in [6.07, 6.45) is 3.23. The van der Waals surface area contributed by atoms with Crippen LogP contribution in [0.2, 0.25) is 0 Å². The minimum atomic E-state index is -1.34. The van der Waals surface area contributed by atoms with Crippen molar-refractivity contribution in [3.05, 3.63) is 59.7 Å². The summed E-state index contributed by atoms with van der Waals surface area (Å²) in [6.45, 7) is 4.79. The fraction of sp³-hybridized carbons (Fsp3) is 0.219. The first-order valence-corrected chi connectivity index (χ1v) is 14.6. The van der Waals surface area contributed by atoms with E-state index in [0.29, 0.717) is 50.0 Å². The molecular weight excluding hydrogens is 706 g/mol. The Labute approximate surface area is 300 Å². The summed E-state index contributed by atoms with van der Waals surface area (Å²) < 4.78 is 0. The van der Waals surface area contributed by atoms with E-state index in [1.54, 1.807) is 0 Å². The van der Waals surface area contributed by atoms with Gasteiger partial charge in [0.2, 0.25) is 0 Å². The van der Waals surface area contributed by atoms with Gasteiger partial charge in [-0.05, 0) is 48.5 Å². The van der Waals surface area contributed by atoms with E-state index in [9.17, 15) is 28.8 Å². The predicted octanol–water partition coefficient (Wildman–Crippen LogP) is 0.859. The van der Waals surface area contributed by atoms with Gasteiger partial charge in [-0.25, -0.2) is 19.6 Å². The van der Waals surface area contributed by atoms with Crippen LogP contribution in [0.1, 0.15) is 41.5 Å². The van der Waals surface area contributed by atoms with Gasteiger partial charge >= 0.3 is 11.9 Å². The Morgan fingerprint density at radius 2 is 0.792 bits per heavy atom. The standard InChI is InChI=1S/C26H25N7O8.3C2H4O2/c34-21(32-19-5-1-17(2-6-19)25(40)30-15-23(36)37)13-28-11-9-27-10-12-29-14-22(35)33-20-7-3-18(4-8-20)26(41)31-16-24(38)39;3*1-2(3)4/h1-8,13-16,27H,9-12H2,(H,32,34)(H,33,35)(H,36,37)(H,38,39);3*1H3,(H,3,4)/b28-13-,29-14+,30-15+,31-16+;;;. The lowest BCUT2D eigenvalue weighted by Crippen LogP contribution is -2.22. The number of aliphatic imine (C=N–C) groups is 4. The molecular formula is C32H37N7O14. The van der Waals surface area contributed by atoms with E-state index in [1.807, 2.05) is 0 Å². The molecule has 4 amide bonds. The summed E-state index contributed by atoms with van der Waals surface area (Å²) in [5.41, 5.74) is 1.15. The van der Waals surface area contributed by atoms with Crippen molar-refractivity contribution in [2.75, 3.05) is 36.8 Å². The van der Waals surface area contributed by atoms with Crippen molar-refractivity contribution in [1.82, 2.24) is 5.32 Å². The number of anilines is 2. The van der Waals surface area contributed by atoms with Gasteiger partial charge in [0.25, 0.3) is 41.5 Å². The van der Waals surface area contributed by atoms with Crippen LogP contribution in [0.5, 0.6) is 0 Å². The average molecular weight is 744 g/mol. The first kappa shape index (κ1) is 47.8. The van der Waals surface area contributed by atoms with Gasteiger partial charge in [0, 0.05) is 56.4 Å². The van der Waals surface area contributed by atoms with Crippen molar-refractivity contribution in [3.8, 4) is 0 Å². The number of carboxylic acid groups (broad SMARTS) is 5. The maximum absolute atomic E-state index is 11.9. The molecule has 0 saturated heterocycles. The van der Waals surface area contributed by atoms with Gasteiger partial charge in [0.05, 0.1) is 25.5 Å². The second-order valence-electron chi connectivity index (χ2n) is 9.31. The van der Waals surface area contributed by atoms with Crippen molar-refractivity contribution in [3.63, 3.8) is 0 Å². The summed E-state index contributed by atoms with van der Waals surface area (Å²) in [4.78, 5) is 110. The van der Waals surface area contributed by atoms with Crippen LogP contribution in [0, 0.1) is 0 Å². The van der Waals surface area contributed by atoms with Crippen LogP contribution in [0.25, 0.3) is 0 Å². The highest BCUT2D eigenvalue weighted by molar-refractivity contribution is 6.32. The third kappa shape index (κ3) is 31.7. The van der Waals surface area contributed by atoms with Crippen LogP contribution < -0.4 is 16.0 Å². The molecule has 0 atom stereocenters. The Morgan fingerprint density at radius 3 is 1.06 bits per heavy atom.